The second-order valence-corrected chi connectivity index (χ2v) is 5.90. The van der Waals surface area contributed by atoms with Gasteiger partial charge in [-0.2, -0.15) is 0 Å². The van der Waals surface area contributed by atoms with Gasteiger partial charge in [-0.3, -0.25) is 4.79 Å². The zero-order chi connectivity index (χ0) is 13.6. The highest BCUT2D eigenvalue weighted by atomic mass is 35.5. The predicted molar refractivity (Wildman–Crippen MR) is 76.5 cm³/mol. The largest absolute Gasteiger partial charge is 0.480 e. The molecule has 0 amide bonds. The summed E-state index contributed by atoms with van der Waals surface area (Å²) in [6, 6.07) is 7.67. The Bertz CT molecular complexity index is 396. The number of halogens is 1. The van der Waals surface area contributed by atoms with Crippen molar-refractivity contribution in [2.45, 2.75) is 30.2 Å². The van der Waals surface area contributed by atoms with Crippen LogP contribution in [0.15, 0.2) is 29.2 Å². The molecule has 0 saturated carbocycles. The second-order valence-electron chi connectivity index (χ2n) is 4.29. The van der Waals surface area contributed by atoms with Crippen molar-refractivity contribution in [3.05, 3.63) is 29.3 Å². The van der Waals surface area contributed by atoms with Crippen molar-refractivity contribution in [1.29, 1.82) is 0 Å². The summed E-state index contributed by atoms with van der Waals surface area (Å²) >= 11 is 7.52. The summed E-state index contributed by atoms with van der Waals surface area (Å²) < 4.78 is 0. The van der Waals surface area contributed by atoms with Crippen LogP contribution in [0.4, 0.5) is 0 Å². The molecule has 0 fully saturated rings. The smallest absolute Gasteiger partial charge is 0.323 e. The number of carboxylic acid groups (broad SMARTS) is 1. The Morgan fingerprint density at radius 1 is 1.44 bits per heavy atom. The quantitative estimate of drug-likeness (QED) is 0.597. The molecule has 2 N–H and O–H groups in total. The lowest BCUT2D eigenvalue weighted by Crippen LogP contribution is -2.47. The highest BCUT2D eigenvalue weighted by molar-refractivity contribution is 7.99. The van der Waals surface area contributed by atoms with Crippen molar-refractivity contribution < 1.29 is 9.90 Å². The molecule has 3 nitrogen and oxygen atoms in total. The van der Waals surface area contributed by atoms with Gasteiger partial charge >= 0.3 is 5.97 Å². The van der Waals surface area contributed by atoms with Gasteiger partial charge in [0.05, 0.1) is 0 Å². The van der Waals surface area contributed by atoms with Crippen LogP contribution in [0.3, 0.4) is 0 Å². The molecule has 0 radical (unpaired) electrons. The van der Waals surface area contributed by atoms with E-state index in [0.29, 0.717) is 6.42 Å². The number of aliphatic carboxylic acids is 1. The summed E-state index contributed by atoms with van der Waals surface area (Å²) in [7, 11) is 1.68. The van der Waals surface area contributed by atoms with E-state index in [0.717, 1.165) is 22.1 Å². The van der Waals surface area contributed by atoms with E-state index in [-0.39, 0.29) is 0 Å². The predicted octanol–water partition coefficient (Wildman–Crippen LogP) is 3.28. The molecule has 1 atom stereocenters. The van der Waals surface area contributed by atoms with Crippen molar-refractivity contribution in [3.63, 3.8) is 0 Å². The molecule has 0 bridgehead atoms. The Kier molecular flexibility index (Phi) is 5.99. The van der Waals surface area contributed by atoms with Crippen LogP contribution >= 0.6 is 23.4 Å². The summed E-state index contributed by atoms with van der Waals surface area (Å²) in [6.07, 6.45) is 1.45. The number of carbonyl (C=O) groups is 1. The fraction of sp³-hybridized carbons (Fsp3) is 0.462. The number of carboxylic acids is 1. The van der Waals surface area contributed by atoms with E-state index in [2.05, 4.69) is 5.32 Å². The Labute approximate surface area is 117 Å². The second kappa shape index (κ2) is 7.02. The van der Waals surface area contributed by atoms with Crippen molar-refractivity contribution in [2.75, 3.05) is 12.8 Å². The number of hydrogen-bond acceptors (Lipinski definition) is 3. The maximum atomic E-state index is 11.1. The van der Waals surface area contributed by atoms with Crippen molar-refractivity contribution in [2.24, 2.45) is 0 Å². The van der Waals surface area contributed by atoms with Gasteiger partial charge in [-0.15, -0.1) is 11.8 Å². The van der Waals surface area contributed by atoms with Crippen LogP contribution in [-0.2, 0) is 4.79 Å². The topological polar surface area (TPSA) is 49.3 Å². The highest BCUT2D eigenvalue weighted by Crippen LogP contribution is 2.23. The molecule has 1 aromatic rings. The summed E-state index contributed by atoms with van der Waals surface area (Å²) in [6.45, 7) is 1.71. The van der Waals surface area contributed by atoms with Gasteiger partial charge in [0.1, 0.15) is 5.54 Å². The van der Waals surface area contributed by atoms with Crippen LogP contribution in [0.5, 0.6) is 0 Å². The first kappa shape index (κ1) is 15.3. The lowest BCUT2D eigenvalue weighted by Gasteiger charge is -2.23. The summed E-state index contributed by atoms with van der Waals surface area (Å²) in [4.78, 5) is 12.2. The van der Waals surface area contributed by atoms with E-state index in [1.165, 1.54) is 0 Å². The van der Waals surface area contributed by atoms with Crippen LogP contribution in [0.25, 0.3) is 0 Å². The van der Waals surface area contributed by atoms with Crippen LogP contribution < -0.4 is 5.32 Å². The van der Waals surface area contributed by atoms with E-state index in [1.54, 1.807) is 25.7 Å². The van der Waals surface area contributed by atoms with Gasteiger partial charge in [-0.25, -0.2) is 0 Å². The summed E-state index contributed by atoms with van der Waals surface area (Å²) in [5.41, 5.74) is -0.833. The molecule has 0 aliphatic rings. The van der Waals surface area contributed by atoms with E-state index < -0.39 is 11.5 Å². The monoisotopic (exact) mass is 287 g/mol. The minimum Gasteiger partial charge on any atom is -0.480 e. The third kappa shape index (κ3) is 4.52. The Hall–Kier alpha value is -0.710. The number of likely N-dealkylation sites (N-methyl/N-ethyl adjacent to an activating group) is 1. The molecule has 5 heteroatoms. The average molecular weight is 288 g/mol. The SMILES string of the molecule is CNC(C)(CCCSc1ccc(Cl)cc1)C(=O)O. The van der Waals surface area contributed by atoms with Crippen molar-refractivity contribution >= 4 is 29.3 Å². The zero-order valence-electron chi connectivity index (χ0n) is 10.6. The fourth-order valence-corrected chi connectivity index (χ4v) is 2.46. The van der Waals surface area contributed by atoms with Gasteiger partial charge < -0.3 is 10.4 Å². The number of rotatable bonds is 7. The lowest BCUT2D eigenvalue weighted by atomic mass is 9.97. The van der Waals surface area contributed by atoms with Crippen LogP contribution in [0.1, 0.15) is 19.8 Å². The third-order valence-electron chi connectivity index (χ3n) is 2.93. The number of thioether (sulfide) groups is 1. The maximum absolute atomic E-state index is 11.1. The molecule has 0 spiro atoms. The number of hydrogen-bond donors (Lipinski definition) is 2. The Morgan fingerprint density at radius 3 is 2.56 bits per heavy atom. The van der Waals surface area contributed by atoms with Gasteiger partial charge in [-0.05, 0) is 56.8 Å². The van der Waals surface area contributed by atoms with Crippen molar-refractivity contribution in [3.8, 4) is 0 Å². The van der Waals surface area contributed by atoms with Crippen LogP contribution in [0, 0.1) is 0 Å². The third-order valence-corrected chi connectivity index (χ3v) is 4.28. The molecule has 1 rings (SSSR count). The normalized spacial score (nSPS) is 14.2. The van der Waals surface area contributed by atoms with Gasteiger partial charge in [-0.1, -0.05) is 11.6 Å². The van der Waals surface area contributed by atoms with Gasteiger partial charge in [0, 0.05) is 9.92 Å². The standard InChI is InChI=1S/C13H18ClNO2S/c1-13(15-2,12(16)17)8-3-9-18-11-6-4-10(14)5-7-11/h4-7,15H,3,8-9H2,1-2H3,(H,16,17). The summed E-state index contributed by atoms with van der Waals surface area (Å²) in [5, 5.41) is 12.7. The minimum atomic E-state index is -0.833. The lowest BCUT2D eigenvalue weighted by molar-refractivity contribution is -0.144. The van der Waals surface area contributed by atoms with E-state index in [9.17, 15) is 4.79 Å². The van der Waals surface area contributed by atoms with Gasteiger partial charge in [0.2, 0.25) is 0 Å². The van der Waals surface area contributed by atoms with Crippen LogP contribution in [0.2, 0.25) is 5.02 Å². The van der Waals surface area contributed by atoms with Crippen LogP contribution in [-0.4, -0.2) is 29.4 Å². The van der Waals surface area contributed by atoms with Gasteiger partial charge in [0.15, 0.2) is 0 Å². The fourth-order valence-electron chi connectivity index (χ4n) is 1.49. The molecule has 1 unspecified atom stereocenters. The first-order valence-corrected chi connectivity index (χ1v) is 7.15. The highest BCUT2D eigenvalue weighted by Gasteiger charge is 2.30. The molecule has 0 saturated heterocycles. The first-order valence-electron chi connectivity index (χ1n) is 5.78. The zero-order valence-corrected chi connectivity index (χ0v) is 12.1. The average Bonchev–Trinajstić information content (AvgIpc) is 2.36. The molecular formula is C13H18ClNO2S. The molecule has 18 heavy (non-hydrogen) atoms. The number of benzene rings is 1. The Balaban J connectivity index is 2.34. The molecule has 0 aromatic heterocycles. The first-order chi connectivity index (χ1) is 8.48. The van der Waals surface area contributed by atoms with Gasteiger partial charge in [0.25, 0.3) is 0 Å². The Morgan fingerprint density at radius 2 is 2.06 bits per heavy atom. The number of nitrogens with one attached hydrogen (secondary N) is 1. The summed E-state index contributed by atoms with van der Waals surface area (Å²) in [5.74, 6) is 0.0908. The molecule has 100 valence electrons. The minimum absolute atomic E-state index is 0.611. The van der Waals surface area contributed by atoms with E-state index >= 15 is 0 Å². The molecule has 0 heterocycles. The molecule has 0 aliphatic heterocycles. The molecular weight excluding hydrogens is 270 g/mol. The molecule has 1 aromatic carbocycles. The maximum Gasteiger partial charge on any atom is 0.323 e. The van der Waals surface area contributed by atoms with E-state index in [4.69, 9.17) is 16.7 Å². The van der Waals surface area contributed by atoms with Crippen molar-refractivity contribution in [1.82, 2.24) is 5.32 Å². The van der Waals surface area contributed by atoms with E-state index in [1.807, 2.05) is 24.3 Å². The molecule has 0 aliphatic carbocycles.